The second-order valence-electron chi connectivity index (χ2n) is 8.91. The first-order chi connectivity index (χ1) is 11.4. The molecule has 0 aliphatic rings. The number of hydrogen-bond donors (Lipinski definition) is 1. The molecule has 0 saturated carbocycles. The summed E-state index contributed by atoms with van der Waals surface area (Å²) in [6, 6.07) is 1.14. The van der Waals surface area contributed by atoms with Gasteiger partial charge >= 0.3 is 0 Å². The van der Waals surface area contributed by atoms with Gasteiger partial charge in [-0.3, -0.25) is 4.79 Å². The van der Waals surface area contributed by atoms with Crippen LogP contribution in [0.15, 0.2) is 0 Å². The van der Waals surface area contributed by atoms with Crippen molar-refractivity contribution in [2.45, 2.75) is 90.6 Å². The molecule has 0 aliphatic heterocycles. The molecule has 0 aliphatic carbocycles. The number of carbonyl (C=O) groups is 1. The zero-order valence-corrected chi connectivity index (χ0v) is 20.4. The predicted octanol–water partition coefficient (Wildman–Crippen LogP) is 5.17. The van der Waals surface area contributed by atoms with Gasteiger partial charge in [-0.15, -0.1) is 0 Å². The third-order valence-corrected chi connectivity index (χ3v) is 14.2. The normalized spacial score (nSPS) is 14.4. The fourth-order valence-corrected chi connectivity index (χ4v) is 10.3. The highest BCUT2D eigenvalue weighted by Gasteiger charge is 2.48. The Labute approximate surface area is 158 Å². The lowest BCUT2D eigenvalue weighted by Gasteiger charge is -2.41. The lowest BCUT2D eigenvalue weighted by molar-refractivity contribution is -0.139. The minimum Gasteiger partial charge on any atom is -0.518 e. The van der Waals surface area contributed by atoms with Crippen molar-refractivity contribution in [3.63, 3.8) is 0 Å². The molecular weight excluding hydrogens is 346 g/mol. The van der Waals surface area contributed by atoms with Crippen LogP contribution in [0.1, 0.15) is 54.9 Å². The molecule has 1 atom stereocenters. The van der Waals surface area contributed by atoms with E-state index in [0.29, 0.717) is 23.2 Å². The molecule has 6 heteroatoms. The van der Waals surface area contributed by atoms with Crippen LogP contribution in [0.5, 0.6) is 0 Å². The topological polar surface area (TPSA) is 47.6 Å². The van der Waals surface area contributed by atoms with E-state index in [1.807, 2.05) is 14.0 Å². The van der Waals surface area contributed by atoms with Crippen molar-refractivity contribution in [1.82, 2.24) is 5.32 Å². The Morgan fingerprint density at radius 2 is 1.44 bits per heavy atom. The van der Waals surface area contributed by atoms with E-state index in [0.717, 1.165) is 19.0 Å². The first-order valence-electron chi connectivity index (χ1n) is 9.89. The molecule has 1 unspecified atom stereocenters. The van der Waals surface area contributed by atoms with Gasteiger partial charge in [-0.1, -0.05) is 48.5 Å². The number of carbonyl (C=O) groups excluding carboxylic acids is 1. The Hall–Kier alpha value is -0.176. The second kappa shape index (κ2) is 10.8. The van der Waals surface area contributed by atoms with E-state index in [4.69, 9.17) is 8.85 Å². The standard InChI is InChI=1S/C19H43NO3Si2/c1-15(2)25(16(3)4,17(5)6)23-19(21)18(7)14-20-12-11-13-24(9,10)22-8/h15-18,20H,11-14H2,1-10H3. The number of rotatable bonds is 12. The van der Waals surface area contributed by atoms with Crippen LogP contribution in [0.2, 0.25) is 35.8 Å². The Morgan fingerprint density at radius 1 is 0.960 bits per heavy atom. The van der Waals surface area contributed by atoms with Gasteiger partial charge in [0.25, 0.3) is 14.3 Å². The predicted molar refractivity (Wildman–Crippen MR) is 113 cm³/mol. The van der Waals surface area contributed by atoms with E-state index >= 15 is 0 Å². The largest absolute Gasteiger partial charge is 0.518 e. The Morgan fingerprint density at radius 3 is 1.84 bits per heavy atom. The van der Waals surface area contributed by atoms with Crippen molar-refractivity contribution in [2.24, 2.45) is 5.92 Å². The van der Waals surface area contributed by atoms with Crippen LogP contribution in [-0.2, 0) is 13.6 Å². The van der Waals surface area contributed by atoms with Gasteiger partial charge in [0, 0.05) is 13.7 Å². The zero-order chi connectivity index (χ0) is 19.8. The van der Waals surface area contributed by atoms with Gasteiger partial charge in [0.15, 0.2) is 8.32 Å². The van der Waals surface area contributed by atoms with Crippen LogP contribution in [0.3, 0.4) is 0 Å². The SMILES string of the molecule is CO[Si](C)(C)CCCNCC(C)C(=O)O[Si](C(C)C)(C(C)C)C(C)C. The summed E-state index contributed by atoms with van der Waals surface area (Å²) in [6.07, 6.45) is 1.09. The van der Waals surface area contributed by atoms with Crippen molar-refractivity contribution < 1.29 is 13.6 Å². The van der Waals surface area contributed by atoms with Crippen molar-refractivity contribution in [3.05, 3.63) is 0 Å². The van der Waals surface area contributed by atoms with Crippen molar-refractivity contribution in [3.8, 4) is 0 Å². The highest BCUT2D eigenvalue weighted by Crippen LogP contribution is 2.42. The molecule has 25 heavy (non-hydrogen) atoms. The minimum absolute atomic E-state index is 0.0261. The summed E-state index contributed by atoms with van der Waals surface area (Å²) >= 11 is 0. The average molecular weight is 390 g/mol. The maximum absolute atomic E-state index is 12.7. The molecule has 0 amide bonds. The van der Waals surface area contributed by atoms with Crippen LogP contribution >= 0.6 is 0 Å². The van der Waals surface area contributed by atoms with E-state index in [1.54, 1.807) is 0 Å². The summed E-state index contributed by atoms with van der Waals surface area (Å²) in [5.74, 6) is -0.127. The van der Waals surface area contributed by atoms with Crippen LogP contribution in [0.25, 0.3) is 0 Å². The molecule has 0 aromatic heterocycles. The molecule has 1 N–H and O–H groups in total. The van der Waals surface area contributed by atoms with E-state index < -0.39 is 16.6 Å². The molecule has 0 rings (SSSR count). The summed E-state index contributed by atoms with van der Waals surface area (Å²) in [5.41, 5.74) is 1.29. The van der Waals surface area contributed by atoms with Crippen LogP contribution in [-0.4, -0.2) is 42.8 Å². The maximum atomic E-state index is 12.7. The van der Waals surface area contributed by atoms with Crippen LogP contribution in [0, 0.1) is 5.92 Å². The quantitative estimate of drug-likeness (QED) is 0.369. The van der Waals surface area contributed by atoms with Gasteiger partial charge in [-0.05, 0) is 48.7 Å². The van der Waals surface area contributed by atoms with Gasteiger partial charge in [0.1, 0.15) is 0 Å². The average Bonchev–Trinajstić information content (AvgIpc) is 2.50. The lowest BCUT2D eigenvalue weighted by Crippen LogP contribution is -2.50. The fraction of sp³-hybridized carbons (Fsp3) is 0.947. The summed E-state index contributed by atoms with van der Waals surface area (Å²) in [6.45, 7) is 21.3. The maximum Gasteiger partial charge on any atom is 0.296 e. The van der Waals surface area contributed by atoms with E-state index in [-0.39, 0.29) is 11.9 Å². The first-order valence-corrected chi connectivity index (χ1v) is 15.1. The lowest BCUT2D eigenvalue weighted by atomic mass is 10.2. The highest BCUT2D eigenvalue weighted by molar-refractivity contribution is 6.78. The Kier molecular flexibility index (Phi) is 10.8. The fourth-order valence-electron chi connectivity index (χ4n) is 3.77. The van der Waals surface area contributed by atoms with Gasteiger partial charge in [-0.2, -0.15) is 0 Å². The van der Waals surface area contributed by atoms with Gasteiger partial charge in [-0.25, -0.2) is 0 Å². The first kappa shape index (κ1) is 24.8. The molecule has 0 bridgehead atoms. The molecule has 0 fully saturated rings. The third-order valence-electron chi connectivity index (χ3n) is 5.52. The Bertz CT molecular complexity index is 376. The van der Waals surface area contributed by atoms with Gasteiger partial charge < -0.3 is 14.2 Å². The van der Waals surface area contributed by atoms with E-state index in [2.05, 4.69) is 60.0 Å². The molecule has 150 valence electrons. The molecule has 0 spiro atoms. The number of nitrogens with one attached hydrogen (secondary N) is 1. The monoisotopic (exact) mass is 389 g/mol. The molecule has 0 heterocycles. The summed E-state index contributed by atoms with van der Waals surface area (Å²) in [4.78, 5) is 12.7. The summed E-state index contributed by atoms with van der Waals surface area (Å²) < 4.78 is 11.8. The van der Waals surface area contributed by atoms with Gasteiger partial charge in [0.2, 0.25) is 0 Å². The van der Waals surface area contributed by atoms with Crippen molar-refractivity contribution in [1.29, 1.82) is 0 Å². The molecule has 0 radical (unpaired) electrons. The summed E-state index contributed by atoms with van der Waals surface area (Å²) in [7, 11) is -1.79. The second-order valence-corrected chi connectivity index (χ2v) is 18.7. The summed E-state index contributed by atoms with van der Waals surface area (Å²) in [5, 5.41) is 3.42. The number of hydrogen-bond acceptors (Lipinski definition) is 4. The molecular formula is C19H43NO3Si2. The smallest absolute Gasteiger partial charge is 0.296 e. The minimum atomic E-state index is -2.13. The van der Waals surface area contributed by atoms with Gasteiger partial charge in [0.05, 0.1) is 5.92 Å². The van der Waals surface area contributed by atoms with Crippen LogP contribution < -0.4 is 5.32 Å². The van der Waals surface area contributed by atoms with E-state index in [9.17, 15) is 4.79 Å². The zero-order valence-electron chi connectivity index (χ0n) is 18.4. The molecule has 0 aromatic rings. The van der Waals surface area contributed by atoms with E-state index in [1.165, 1.54) is 0 Å². The highest BCUT2D eigenvalue weighted by atomic mass is 28.4. The van der Waals surface area contributed by atoms with Crippen molar-refractivity contribution in [2.75, 3.05) is 20.2 Å². The van der Waals surface area contributed by atoms with Crippen LogP contribution in [0.4, 0.5) is 0 Å². The molecule has 0 saturated heterocycles. The molecule has 0 aromatic carbocycles. The van der Waals surface area contributed by atoms with Crippen molar-refractivity contribution >= 4 is 22.6 Å². The Balaban J connectivity index is 4.54. The third kappa shape index (κ3) is 7.53. The molecule has 4 nitrogen and oxygen atoms in total.